The van der Waals surface area contributed by atoms with Crippen molar-refractivity contribution in [2.24, 2.45) is 0 Å². The van der Waals surface area contributed by atoms with Gasteiger partial charge < -0.3 is 31.1 Å². The van der Waals surface area contributed by atoms with E-state index in [9.17, 15) is 24.0 Å². The summed E-state index contributed by atoms with van der Waals surface area (Å²) in [5.74, 6) is -1.25. The minimum atomic E-state index is -0.965. The fourth-order valence-corrected chi connectivity index (χ4v) is 5.49. The van der Waals surface area contributed by atoms with E-state index < -0.39 is 42.0 Å². The first-order valence-electron chi connectivity index (χ1n) is 14.4. The maximum Gasteiger partial charge on any atom is 0.407 e. The van der Waals surface area contributed by atoms with Crippen LogP contribution in [-0.2, 0) is 23.9 Å². The number of aliphatic carboxylic acids is 1. The van der Waals surface area contributed by atoms with Gasteiger partial charge in [-0.25, -0.2) is 4.79 Å². The molecular weight excluding hydrogens is 572 g/mol. The molecule has 2 aromatic rings. The summed E-state index contributed by atoms with van der Waals surface area (Å²) in [4.78, 5) is 60.5. The van der Waals surface area contributed by atoms with E-state index >= 15 is 0 Å². The second kappa shape index (κ2) is 16.5. The summed E-state index contributed by atoms with van der Waals surface area (Å²) in [5, 5.41) is 19.0. The highest BCUT2D eigenvalue weighted by atomic mass is 32.2. The third-order valence-corrected chi connectivity index (χ3v) is 8.03. The van der Waals surface area contributed by atoms with Crippen LogP contribution in [0.1, 0.15) is 63.5 Å². The number of ether oxygens (including phenoxy) is 1. The number of nitrogens with one attached hydrogen (secondary N) is 4. The highest BCUT2D eigenvalue weighted by Crippen LogP contribution is 2.44. The first-order valence-corrected chi connectivity index (χ1v) is 15.5. The average Bonchev–Trinajstić information content (AvgIpc) is 3.30. The van der Waals surface area contributed by atoms with Crippen molar-refractivity contribution in [3.8, 4) is 11.1 Å². The molecule has 1 aliphatic carbocycles. The minimum Gasteiger partial charge on any atom is -0.481 e. The number of alkyl carbamates (subject to hydrolysis) is 1. The van der Waals surface area contributed by atoms with Crippen molar-refractivity contribution >= 4 is 41.5 Å². The number of thioether (sulfide) groups is 1. The summed E-state index contributed by atoms with van der Waals surface area (Å²) in [6.07, 6.45) is 1.70. The number of amides is 4. The van der Waals surface area contributed by atoms with Crippen molar-refractivity contribution in [1.29, 1.82) is 0 Å². The van der Waals surface area contributed by atoms with Gasteiger partial charge in [0.15, 0.2) is 0 Å². The van der Waals surface area contributed by atoms with Crippen molar-refractivity contribution in [3.05, 3.63) is 59.7 Å². The van der Waals surface area contributed by atoms with Crippen LogP contribution < -0.4 is 21.3 Å². The van der Waals surface area contributed by atoms with Crippen LogP contribution in [0.5, 0.6) is 0 Å². The lowest BCUT2D eigenvalue weighted by Gasteiger charge is -2.21. The molecule has 43 heavy (non-hydrogen) atoms. The van der Waals surface area contributed by atoms with Gasteiger partial charge in [-0.1, -0.05) is 55.0 Å². The summed E-state index contributed by atoms with van der Waals surface area (Å²) >= 11 is 1.51. The highest BCUT2D eigenvalue weighted by molar-refractivity contribution is 7.99. The summed E-state index contributed by atoms with van der Waals surface area (Å²) in [7, 11) is 0. The Bertz CT molecular complexity index is 1260. The Morgan fingerprint density at radius 1 is 0.767 bits per heavy atom. The summed E-state index contributed by atoms with van der Waals surface area (Å²) < 4.78 is 5.49. The van der Waals surface area contributed by atoms with E-state index in [1.807, 2.05) is 48.5 Å². The van der Waals surface area contributed by atoms with Gasteiger partial charge >= 0.3 is 12.1 Å². The molecule has 0 spiro atoms. The van der Waals surface area contributed by atoms with Crippen molar-refractivity contribution in [1.82, 2.24) is 21.3 Å². The van der Waals surface area contributed by atoms with Crippen LogP contribution in [0.25, 0.3) is 11.1 Å². The Labute approximate surface area is 255 Å². The molecule has 0 heterocycles. The topological polar surface area (TPSA) is 163 Å². The minimum absolute atomic E-state index is 0.109. The molecule has 0 unspecified atom stereocenters. The Kier molecular flexibility index (Phi) is 12.9. The summed E-state index contributed by atoms with van der Waals surface area (Å²) in [6.45, 7) is 4.62. The molecular formula is C31H40N4O7S. The van der Waals surface area contributed by atoms with Gasteiger partial charge in [0, 0.05) is 12.3 Å². The Hall–Kier alpha value is -4.06. The number of fused-ring (bicyclic) bond motifs is 3. The van der Waals surface area contributed by atoms with Gasteiger partial charge in [-0.2, -0.15) is 0 Å². The number of carbonyl (C=O) groups is 5. The van der Waals surface area contributed by atoms with Gasteiger partial charge in [0.25, 0.3) is 0 Å². The highest BCUT2D eigenvalue weighted by Gasteiger charge is 2.30. The zero-order valence-corrected chi connectivity index (χ0v) is 25.5. The van der Waals surface area contributed by atoms with E-state index in [4.69, 9.17) is 9.84 Å². The molecule has 3 atom stereocenters. The van der Waals surface area contributed by atoms with Gasteiger partial charge in [0.05, 0.1) is 5.88 Å². The molecule has 1 aliphatic rings. The van der Waals surface area contributed by atoms with Crippen LogP contribution >= 0.6 is 11.8 Å². The lowest BCUT2D eigenvalue weighted by molar-refractivity contribution is -0.137. The van der Waals surface area contributed by atoms with Gasteiger partial charge in [0.2, 0.25) is 17.7 Å². The monoisotopic (exact) mass is 612 g/mol. The average molecular weight is 613 g/mol. The number of hydrogen-bond donors (Lipinski definition) is 5. The number of unbranched alkanes of at least 4 members (excludes halogenated alkanes) is 2. The molecule has 0 saturated carbocycles. The third kappa shape index (κ3) is 10.0. The molecule has 0 aliphatic heterocycles. The molecule has 3 rings (SSSR count). The first kappa shape index (κ1) is 33.4. The maximum atomic E-state index is 12.6. The number of rotatable bonds is 16. The smallest absolute Gasteiger partial charge is 0.407 e. The van der Waals surface area contributed by atoms with Crippen LogP contribution in [0.4, 0.5) is 4.79 Å². The van der Waals surface area contributed by atoms with E-state index in [1.165, 1.54) is 25.6 Å². The van der Waals surface area contributed by atoms with Crippen molar-refractivity contribution in [2.45, 2.75) is 70.5 Å². The first-order chi connectivity index (χ1) is 20.6. The Balaban J connectivity index is 1.35. The van der Waals surface area contributed by atoms with E-state index in [0.717, 1.165) is 40.8 Å². The van der Waals surface area contributed by atoms with Crippen LogP contribution in [0, 0.1) is 0 Å². The van der Waals surface area contributed by atoms with E-state index in [2.05, 4.69) is 21.3 Å². The van der Waals surface area contributed by atoms with Crippen molar-refractivity contribution in [2.75, 3.05) is 18.2 Å². The fraction of sp³-hybridized carbons (Fsp3) is 0.452. The zero-order chi connectivity index (χ0) is 31.4. The summed E-state index contributed by atoms with van der Waals surface area (Å²) in [5.41, 5.74) is 4.38. The second-order valence-electron chi connectivity index (χ2n) is 10.5. The quantitative estimate of drug-likeness (QED) is 0.142. The standard InChI is InChI=1S/C31H40N4O7S/c1-19(28(38)32-18-43-16-10-4-5-15-27(36)37)33-29(39)20(2)34-30(40)21(3)35-31(41)42-17-26-24-13-8-6-11-22(24)23-12-7-9-14-25(23)26/h6-9,11-14,19-21,26H,4-5,10,15-18H2,1-3H3,(H,32,38)(H,33,39)(H,34,40)(H,35,41)(H,36,37)/t19-,20+,21-/m0/s1. The van der Waals surface area contributed by atoms with Gasteiger partial charge in [-0.3, -0.25) is 19.2 Å². The molecule has 11 nitrogen and oxygen atoms in total. The molecule has 232 valence electrons. The van der Waals surface area contributed by atoms with Crippen molar-refractivity contribution < 1.29 is 33.8 Å². The molecule has 0 radical (unpaired) electrons. The molecule has 5 N–H and O–H groups in total. The molecule has 4 amide bonds. The largest absolute Gasteiger partial charge is 0.481 e. The third-order valence-electron chi connectivity index (χ3n) is 7.10. The lowest BCUT2D eigenvalue weighted by atomic mass is 9.98. The molecule has 12 heteroatoms. The lowest BCUT2D eigenvalue weighted by Crippen LogP contribution is -2.54. The predicted octanol–water partition coefficient (Wildman–Crippen LogP) is 3.37. The van der Waals surface area contributed by atoms with E-state index in [0.29, 0.717) is 12.3 Å². The predicted molar refractivity (Wildman–Crippen MR) is 164 cm³/mol. The van der Waals surface area contributed by atoms with Crippen LogP contribution in [0.2, 0.25) is 0 Å². The SMILES string of the molecule is C[C@H](NC(=O)OCC1c2ccccc2-c2ccccc21)C(=O)N[C@H](C)C(=O)N[C@@H](C)C(=O)NCSCCCCCC(=O)O. The second-order valence-corrected chi connectivity index (χ2v) is 11.6. The van der Waals surface area contributed by atoms with E-state index in [-0.39, 0.29) is 24.9 Å². The normalized spacial score (nSPS) is 13.9. The van der Waals surface area contributed by atoms with E-state index in [1.54, 1.807) is 6.92 Å². The summed E-state index contributed by atoms with van der Waals surface area (Å²) in [6, 6.07) is 13.2. The van der Waals surface area contributed by atoms with Gasteiger partial charge in [0.1, 0.15) is 24.7 Å². The number of benzene rings is 2. The van der Waals surface area contributed by atoms with Gasteiger partial charge in [-0.05, 0) is 61.6 Å². The van der Waals surface area contributed by atoms with Gasteiger partial charge in [-0.15, -0.1) is 11.8 Å². The van der Waals surface area contributed by atoms with Crippen LogP contribution in [-0.4, -0.2) is 71.3 Å². The zero-order valence-electron chi connectivity index (χ0n) is 24.7. The van der Waals surface area contributed by atoms with Crippen LogP contribution in [0.3, 0.4) is 0 Å². The molecule has 0 saturated heterocycles. The Morgan fingerprint density at radius 3 is 1.88 bits per heavy atom. The maximum absolute atomic E-state index is 12.6. The molecule has 0 fully saturated rings. The van der Waals surface area contributed by atoms with Crippen LogP contribution in [0.15, 0.2) is 48.5 Å². The number of carbonyl (C=O) groups excluding carboxylic acids is 4. The Morgan fingerprint density at radius 2 is 1.30 bits per heavy atom. The molecule has 0 bridgehead atoms. The molecule has 0 aromatic heterocycles. The van der Waals surface area contributed by atoms with Crippen molar-refractivity contribution in [3.63, 3.8) is 0 Å². The number of hydrogen-bond acceptors (Lipinski definition) is 7. The fourth-order valence-electron chi connectivity index (χ4n) is 4.69. The number of carboxylic acids is 1. The molecule has 2 aromatic carbocycles. The number of carboxylic acid groups (broad SMARTS) is 1.